The van der Waals surface area contributed by atoms with Gasteiger partial charge in [0.05, 0.1) is 17.4 Å². The Balaban J connectivity index is 1.77. The Labute approximate surface area is 162 Å². The Morgan fingerprint density at radius 1 is 1.37 bits per heavy atom. The van der Waals surface area contributed by atoms with Gasteiger partial charge in [0.25, 0.3) is 0 Å². The molecule has 2 N–H and O–H groups in total. The van der Waals surface area contributed by atoms with Gasteiger partial charge in [0, 0.05) is 12.1 Å². The second kappa shape index (κ2) is 6.85. The lowest BCUT2D eigenvalue weighted by Gasteiger charge is -2.27. The molecule has 1 unspecified atom stereocenters. The Morgan fingerprint density at radius 2 is 2.11 bits per heavy atom. The molecule has 3 aromatic rings. The van der Waals surface area contributed by atoms with E-state index in [-0.39, 0.29) is 0 Å². The topological polar surface area (TPSA) is 82.5 Å². The van der Waals surface area contributed by atoms with Crippen LogP contribution in [0, 0.1) is 0 Å². The van der Waals surface area contributed by atoms with E-state index in [1.54, 1.807) is 12.4 Å². The molecule has 0 bridgehead atoms. The second-order valence-electron chi connectivity index (χ2n) is 7.20. The van der Waals surface area contributed by atoms with Crippen LogP contribution < -0.4 is 5.73 Å². The number of aryl methyl sites for hydroxylation is 1. The average Bonchev–Trinajstić information content (AvgIpc) is 3.41. The number of benzene rings is 1. The quantitative estimate of drug-likeness (QED) is 0.690. The van der Waals surface area contributed by atoms with Crippen LogP contribution in [0.4, 0.5) is 4.79 Å². The van der Waals surface area contributed by atoms with Crippen molar-refractivity contribution in [1.82, 2.24) is 14.4 Å². The van der Waals surface area contributed by atoms with Crippen molar-refractivity contribution in [3.8, 4) is 0 Å². The number of fused-ring (bicyclic) bond motifs is 1. The van der Waals surface area contributed by atoms with Gasteiger partial charge >= 0.3 is 6.09 Å². The molecule has 1 amide bonds. The van der Waals surface area contributed by atoms with E-state index in [1.165, 1.54) is 0 Å². The molecular formula is C20H21ClN4O2. The maximum absolute atomic E-state index is 11.7. The molecule has 0 spiro atoms. The number of halogens is 1. The van der Waals surface area contributed by atoms with E-state index in [1.807, 2.05) is 41.7 Å². The molecule has 0 saturated heterocycles. The predicted molar refractivity (Wildman–Crippen MR) is 103 cm³/mol. The summed E-state index contributed by atoms with van der Waals surface area (Å²) in [6.45, 7) is 1.85. The summed E-state index contributed by atoms with van der Waals surface area (Å²) in [6, 6.07) is 10.0. The standard InChI is InChI=1S/C20H21ClN4O2/c1-20(27-19(22)26,10-9-13-5-3-2-4-6-13)18-24-17(14-7-8-14)15-11-23-16(21)12-25(15)18/h2-6,11-12,14H,7-10H2,1H3,(H2,22,26). The first-order chi connectivity index (χ1) is 13.0. The Kier molecular flexibility index (Phi) is 4.52. The number of nitrogens with two attached hydrogens (primary N) is 1. The lowest BCUT2D eigenvalue weighted by atomic mass is 9.95. The highest BCUT2D eigenvalue weighted by Crippen LogP contribution is 2.43. The third-order valence-corrected chi connectivity index (χ3v) is 5.21. The van der Waals surface area contributed by atoms with Gasteiger partial charge in [-0.15, -0.1) is 0 Å². The van der Waals surface area contributed by atoms with Crippen molar-refractivity contribution >= 4 is 23.2 Å². The van der Waals surface area contributed by atoms with Gasteiger partial charge in [-0.2, -0.15) is 0 Å². The summed E-state index contributed by atoms with van der Waals surface area (Å²) in [7, 11) is 0. The van der Waals surface area contributed by atoms with Crippen molar-refractivity contribution in [3.63, 3.8) is 0 Å². The number of ether oxygens (including phenoxy) is 1. The molecule has 2 aromatic heterocycles. The van der Waals surface area contributed by atoms with Crippen molar-refractivity contribution in [1.29, 1.82) is 0 Å². The Hall–Kier alpha value is -2.60. The molecule has 7 heteroatoms. The van der Waals surface area contributed by atoms with E-state index < -0.39 is 11.7 Å². The van der Waals surface area contributed by atoms with Crippen LogP contribution in [-0.2, 0) is 16.8 Å². The Morgan fingerprint density at radius 3 is 2.78 bits per heavy atom. The lowest BCUT2D eigenvalue weighted by molar-refractivity contribution is 0.0138. The molecular weight excluding hydrogens is 364 g/mol. The van der Waals surface area contributed by atoms with Gasteiger partial charge in [0.2, 0.25) is 0 Å². The minimum atomic E-state index is -0.984. The summed E-state index contributed by atoms with van der Waals surface area (Å²) >= 11 is 6.13. The van der Waals surface area contributed by atoms with Crippen LogP contribution in [-0.4, -0.2) is 20.5 Å². The molecule has 4 rings (SSSR count). The first kappa shape index (κ1) is 17.8. The molecule has 2 heterocycles. The van der Waals surface area contributed by atoms with Crippen molar-refractivity contribution in [3.05, 3.63) is 65.0 Å². The first-order valence-electron chi connectivity index (χ1n) is 9.02. The van der Waals surface area contributed by atoms with E-state index in [9.17, 15) is 4.79 Å². The molecule has 1 aliphatic carbocycles. The third kappa shape index (κ3) is 3.62. The van der Waals surface area contributed by atoms with Crippen LogP contribution in [0.2, 0.25) is 5.15 Å². The number of hydrogen-bond acceptors (Lipinski definition) is 4. The van der Waals surface area contributed by atoms with E-state index in [0.29, 0.717) is 23.3 Å². The second-order valence-corrected chi connectivity index (χ2v) is 7.58. The fourth-order valence-corrected chi connectivity index (χ4v) is 3.62. The number of imidazole rings is 1. The molecule has 27 heavy (non-hydrogen) atoms. The molecule has 0 radical (unpaired) electrons. The lowest BCUT2D eigenvalue weighted by Crippen LogP contribution is -2.34. The molecule has 1 saturated carbocycles. The van der Waals surface area contributed by atoms with E-state index in [4.69, 9.17) is 27.1 Å². The predicted octanol–water partition coefficient (Wildman–Crippen LogP) is 4.20. The largest absolute Gasteiger partial charge is 0.435 e. The number of carbonyl (C=O) groups excluding carboxylic acids is 1. The number of aromatic nitrogens is 3. The molecule has 0 aliphatic heterocycles. The number of primary amides is 1. The summed E-state index contributed by atoms with van der Waals surface area (Å²) in [6.07, 6.45) is 6.10. The molecule has 6 nitrogen and oxygen atoms in total. The van der Waals surface area contributed by atoms with E-state index >= 15 is 0 Å². The van der Waals surface area contributed by atoms with Gasteiger partial charge in [0.1, 0.15) is 5.15 Å². The van der Waals surface area contributed by atoms with Crippen molar-refractivity contribution < 1.29 is 9.53 Å². The van der Waals surface area contributed by atoms with Crippen LogP contribution in [0.3, 0.4) is 0 Å². The summed E-state index contributed by atoms with van der Waals surface area (Å²) in [5, 5.41) is 0.355. The molecule has 1 fully saturated rings. The van der Waals surface area contributed by atoms with Crippen molar-refractivity contribution in [2.24, 2.45) is 5.73 Å². The summed E-state index contributed by atoms with van der Waals surface area (Å²) in [5.41, 5.74) is 7.45. The summed E-state index contributed by atoms with van der Waals surface area (Å²) < 4.78 is 7.48. The summed E-state index contributed by atoms with van der Waals surface area (Å²) in [4.78, 5) is 20.7. The number of rotatable bonds is 6. The van der Waals surface area contributed by atoms with Gasteiger partial charge in [-0.25, -0.2) is 14.8 Å². The normalized spacial score (nSPS) is 16.2. The average molecular weight is 385 g/mol. The van der Waals surface area contributed by atoms with Crippen LogP contribution in [0.5, 0.6) is 0 Å². The molecule has 140 valence electrons. The van der Waals surface area contributed by atoms with Crippen molar-refractivity contribution in [2.75, 3.05) is 0 Å². The fourth-order valence-electron chi connectivity index (χ4n) is 3.47. The maximum Gasteiger partial charge on any atom is 0.405 e. The minimum Gasteiger partial charge on any atom is -0.435 e. The zero-order valence-corrected chi connectivity index (χ0v) is 15.8. The van der Waals surface area contributed by atoms with Gasteiger partial charge < -0.3 is 10.5 Å². The smallest absolute Gasteiger partial charge is 0.405 e. The fraction of sp³-hybridized carbons (Fsp3) is 0.350. The highest BCUT2D eigenvalue weighted by molar-refractivity contribution is 6.29. The number of nitrogens with zero attached hydrogens (tertiary/aromatic N) is 3. The van der Waals surface area contributed by atoms with Crippen LogP contribution in [0.1, 0.15) is 49.2 Å². The van der Waals surface area contributed by atoms with E-state index in [0.717, 1.165) is 36.0 Å². The zero-order valence-electron chi connectivity index (χ0n) is 15.1. The highest BCUT2D eigenvalue weighted by Gasteiger charge is 2.38. The number of hydrogen-bond donors (Lipinski definition) is 1. The van der Waals surface area contributed by atoms with Crippen LogP contribution in [0.25, 0.3) is 5.52 Å². The molecule has 1 atom stereocenters. The third-order valence-electron chi connectivity index (χ3n) is 5.02. The first-order valence-corrected chi connectivity index (χ1v) is 9.40. The monoisotopic (exact) mass is 384 g/mol. The van der Waals surface area contributed by atoms with Crippen LogP contribution in [0.15, 0.2) is 42.7 Å². The SMILES string of the molecule is CC(CCc1ccccc1)(OC(N)=O)c1nc(C2CC2)c2cnc(Cl)cn12. The van der Waals surface area contributed by atoms with Gasteiger partial charge in [0.15, 0.2) is 11.4 Å². The van der Waals surface area contributed by atoms with Crippen LogP contribution >= 0.6 is 11.6 Å². The van der Waals surface area contributed by atoms with Gasteiger partial charge in [-0.05, 0) is 38.2 Å². The van der Waals surface area contributed by atoms with E-state index in [2.05, 4.69) is 4.98 Å². The number of carbonyl (C=O) groups is 1. The zero-order chi connectivity index (χ0) is 19.0. The molecule has 1 aromatic carbocycles. The Bertz CT molecular complexity index is 984. The van der Waals surface area contributed by atoms with Gasteiger partial charge in [-0.1, -0.05) is 41.9 Å². The maximum atomic E-state index is 11.7. The molecule has 1 aliphatic rings. The van der Waals surface area contributed by atoms with Crippen molar-refractivity contribution in [2.45, 2.75) is 44.1 Å². The summed E-state index contributed by atoms with van der Waals surface area (Å²) in [5.74, 6) is 1.04. The minimum absolute atomic E-state index is 0.355. The number of amides is 1. The highest BCUT2D eigenvalue weighted by atomic mass is 35.5. The van der Waals surface area contributed by atoms with Gasteiger partial charge in [-0.3, -0.25) is 4.40 Å².